The SMILES string of the molecule is O=C(C=CC1=Cc2ccccc2OC1)N1CCCc2ccccc21. The molecule has 0 fully saturated rings. The van der Waals surface area contributed by atoms with Gasteiger partial charge in [0, 0.05) is 23.9 Å². The molecule has 2 aliphatic rings. The molecule has 0 aromatic heterocycles. The van der Waals surface area contributed by atoms with Crippen molar-refractivity contribution in [2.75, 3.05) is 18.1 Å². The number of rotatable bonds is 2. The monoisotopic (exact) mass is 317 g/mol. The number of carbonyl (C=O) groups is 1. The fourth-order valence-corrected chi connectivity index (χ4v) is 3.26. The van der Waals surface area contributed by atoms with Crippen molar-refractivity contribution in [3.63, 3.8) is 0 Å². The van der Waals surface area contributed by atoms with Crippen LogP contribution < -0.4 is 9.64 Å². The highest BCUT2D eigenvalue weighted by Gasteiger charge is 2.20. The van der Waals surface area contributed by atoms with E-state index in [1.54, 1.807) is 6.08 Å². The highest BCUT2D eigenvalue weighted by Crippen LogP contribution is 2.28. The summed E-state index contributed by atoms with van der Waals surface area (Å²) in [7, 11) is 0. The van der Waals surface area contributed by atoms with Gasteiger partial charge in [0.1, 0.15) is 12.4 Å². The lowest BCUT2D eigenvalue weighted by Gasteiger charge is -2.28. The van der Waals surface area contributed by atoms with Crippen molar-refractivity contribution in [1.82, 2.24) is 0 Å². The highest BCUT2D eigenvalue weighted by molar-refractivity contribution is 6.02. The van der Waals surface area contributed by atoms with E-state index < -0.39 is 0 Å². The van der Waals surface area contributed by atoms with Crippen LogP contribution >= 0.6 is 0 Å². The lowest BCUT2D eigenvalue weighted by molar-refractivity contribution is -0.114. The molecule has 0 unspecified atom stereocenters. The maximum absolute atomic E-state index is 12.6. The summed E-state index contributed by atoms with van der Waals surface area (Å²) >= 11 is 0. The molecule has 0 aliphatic carbocycles. The zero-order valence-electron chi connectivity index (χ0n) is 13.4. The van der Waals surface area contributed by atoms with E-state index in [-0.39, 0.29) is 5.91 Å². The molecule has 3 heteroatoms. The Bertz CT molecular complexity index is 835. The van der Waals surface area contributed by atoms with Crippen molar-refractivity contribution in [2.24, 2.45) is 0 Å². The second-order valence-electron chi connectivity index (χ2n) is 6.10. The molecule has 2 aromatic carbocycles. The molecule has 0 saturated heterocycles. The molecule has 0 N–H and O–H groups in total. The highest BCUT2D eigenvalue weighted by atomic mass is 16.5. The second kappa shape index (κ2) is 6.36. The van der Waals surface area contributed by atoms with Gasteiger partial charge in [0.25, 0.3) is 5.91 Å². The fraction of sp³-hybridized carbons (Fsp3) is 0.190. The Hall–Kier alpha value is -2.81. The zero-order valence-corrected chi connectivity index (χ0v) is 13.4. The van der Waals surface area contributed by atoms with Crippen molar-refractivity contribution in [2.45, 2.75) is 12.8 Å². The quantitative estimate of drug-likeness (QED) is 0.784. The largest absolute Gasteiger partial charge is 0.488 e. The molecule has 0 spiro atoms. The van der Waals surface area contributed by atoms with Crippen LogP contribution in [0.1, 0.15) is 17.5 Å². The third kappa shape index (κ3) is 2.85. The summed E-state index contributed by atoms with van der Waals surface area (Å²) in [6.07, 6.45) is 7.66. The van der Waals surface area contributed by atoms with Crippen LogP contribution in [-0.2, 0) is 11.2 Å². The van der Waals surface area contributed by atoms with Crippen molar-refractivity contribution in [1.29, 1.82) is 0 Å². The first-order valence-electron chi connectivity index (χ1n) is 8.31. The standard InChI is InChI=1S/C21H19NO2/c23-21(22-13-5-8-17-6-1-3-9-19(17)22)12-11-16-14-18-7-2-4-10-20(18)24-15-16/h1-4,6-7,9-12,14H,5,8,13,15H2. The average Bonchev–Trinajstić information content (AvgIpc) is 2.65. The number of fused-ring (bicyclic) bond motifs is 2. The van der Waals surface area contributed by atoms with Crippen LogP contribution in [0.3, 0.4) is 0 Å². The number of ether oxygens (including phenoxy) is 1. The van der Waals surface area contributed by atoms with Gasteiger partial charge < -0.3 is 9.64 Å². The maximum Gasteiger partial charge on any atom is 0.250 e. The van der Waals surface area contributed by atoms with Crippen LogP contribution in [0.5, 0.6) is 5.75 Å². The summed E-state index contributed by atoms with van der Waals surface area (Å²) in [6.45, 7) is 1.27. The topological polar surface area (TPSA) is 29.5 Å². The maximum atomic E-state index is 12.6. The van der Waals surface area contributed by atoms with E-state index in [1.165, 1.54) is 5.56 Å². The summed E-state index contributed by atoms with van der Waals surface area (Å²) in [5.41, 5.74) is 4.35. The van der Waals surface area contributed by atoms with Gasteiger partial charge in [-0.1, -0.05) is 42.5 Å². The molecule has 3 nitrogen and oxygen atoms in total. The lowest BCUT2D eigenvalue weighted by atomic mass is 10.0. The minimum Gasteiger partial charge on any atom is -0.488 e. The number of hydrogen-bond acceptors (Lipinski definition) is 2. The van der Waals surface area contributed by atoms with E-state index in [2.05, 4.69) is 12.1 Å². The molecule has 4 rings (SSSR count). The minimum absolute atomic E-state index is 0.0295. The Balaban J connectivity index is 1.53. The van der Waals surface area contributed by atoms with Crippen molar-refractivity contribution in [3.8, 4) is 5.75 Å². The first kappa shape index (κ1) is 14.8. The smallest absolute Gasteiger partial charge is 0.250 e. The number of amides is 1. The summed E-state index contributed by atoms with van der Waals surface area (Å²) in [6, 6.07) is 16.1. The molecular weight excluding hydrogens is 298 g/mol. The van der Waals surface area contributed by atoms with E-state index in [0.717, 1.165) is 42.0 Å². The van der Waals surface area contributed by atoms with Gasteiger partial charge in [-0.3, -0.25) is 4.79 Å². The summed E-state index contributed by atoms with van der Waals surface area (Å²) in [5, 5.41) is 0. The van der Waals surface area contributed by atoms with Crippen molar-refractivity contribution < 1.29 is 9.53 Å². The normalized spacial score (nSPS) is 16.2. The van der Waals surface area contributed by atoms with Gasteiger partial charge in [-0.05, 0) is 42.2 Å². The third-order valence-corrected chi connectivity index (χ3v) is 4.47. The minimum atomic E-state index is 0.0295. The Morgan fingerprint density at radius 3 is 2.88 bits per heavy atom. The van der Waals surface area contributed by atoms with Crippen LogP contribution in [0.2, 0.25) is 0 Å². The predicted molar refractivity (Wildman–Crippen MR) is 96.2 cm³/mol. The first-order valence-corrected chi connectivity index (χ1v) is 8.31. The van der Waals surface area contributed by atoms with E-state index in [1.807, 2.05) is 53.4 Å². The second-order valence-corrected chi connectivity index (χ2v) is 6.10. The number of anilines is 1. The molecule has 2 heterocycles. The number of hydrogen-bond donors (Lipinski definition) is 0. The van der Waals surface area contributed by atoms with E-state index in [4.69, 9.17) is 4.74 Å². The average molecular weight is 317 g/mol. The third-order valence-electron chi connectivity index (χ3n) is 4.47. The Labute approximate surface area is 141 Å². The van der Waals surface area contributed by atoms with Gasteiger partial charge in [-0.2, -0.15) is 0 Å². The van der Waals surface area contributed by atoms with Crippen molar-refractivity contribution in [3.05, 3.63) is 77.4 Å². The summed E-state index contributed by atoms with van der Waals surface area (Å²) < 4.78 is 5.73. The van der Waals surface area contributed by atoms with Crippen LogP contribution in [0, 0.1) is 0 Å². The van der Waals surface area contributed by atoms with Gasteiger partial charge in [-0.15, -0.1) is 0 Å². The van der Waals surface area contributed by atoms with Gasteiger partial charge in [-0.25, -0.2) is 0 Å². The molecule has 1 amide bonds. The molecular formula is C21H19NO2. The van der Waals surface area contributed by atoms with Gasteiger partial charge >= 0.3 is 0 Å². The Kier molecular flexibility index (Phi) is 3.91. The van der Waals surface area contributed by atoms with Crippen LogP contribution in [-0.4, -0.2) is 19.1 Å². The molecule has 2 aromatic rings. The Morgan fingerprint density at radius 1 is 1.08 bits per heavy atom. The number of para-hydroxylation sites is 2. The molecule has 24 heavy (non-hydrogen) atoms. The van der Waals surface area contributed by atoms with Gasteiger partial charge in [0.2, 0.25) is 0 Å². The van der Waals surface area contributed by atoms with Crippen LogP contribution in [0.15, 0.2) is 66.3 Å². The summed E-state index contributed by atoms with van der Waals surface area (Å²) in [4.78, 5) is 14.5. The fourth-order valence-electron chi connectivity index (χ4n) is 3.26. The first-order chi connectivity index (χ1) is 11.8. The molecule has 0 bridgehead atoms. The lowest BCUT2D eigenvalue weighted by Crippen LogP contribution is -2.34. The summed E-state index contributed by atoms with van der Waals surface area (Å²) in [5.74, 6) is 0.924. The van der Waals surface area contributed by atoms with E-state index in [0.29, 0.717) is 6.61 Å². The molecule has 120 valence electrons. The number of benzene rings is 2. The van der Waals surface area contributed by atoms with Gasteiger partial charge in [0.05, 0.1) is 0 Å². The van der Waals surface area contributed by atoms with Crippen molar-refractivity contribution >= 4 is 17.7 Å². The molecule has 2 aliphatic heterocycles. The number of nitrogens with zero attached hydrogens (tertiary/aromatic N) is 1. The van der Waals surface area contributed by atoms with E-state index in [9.17, 15) is 4.79 Å². The molecule has 0 saturated carbocycles. The van der Waals surface area contributed by atoms with Crippen LogP contribution in [0.4, 0.5) is 5.69 Å². The van der Waals surface area contributed by atoms with Crippen LogP contribution in [0.25, 0.3) is 6.08 Å². The number of aryl methyl sites for hydroxylation is 1. The number of carbonyl (C=O) groups excluding carboxylic acids is 1. The zero-order chi connectivity index (χ0) is 16.4. The molecule has 0 radical (unpaired) electrons. The van der Waals surface area contributed by atoms with Gasteiger partial charge in [0.15, 0.2) is 0 Å². The predicted octanol–water partition coefficient (Wildman–Crippen LogP) is 4.00. The van der Waals surface area contributed by atoms with E-state index >= 15 is 0 Å². The Morgan fingerprint density at radius 2 is 1.92 bits per heavy atom. The molecule has 0 atom stereocenters.